The summed E-state index contributed by atoms with van der Waals surface area (Å²) in [6.45, 7) is 4.61. The van der Waals surface area contributed by atoms with Crippen molar-refractivity contribution in [2.45, 2.75) is 12.8 Å². The molecule has 12 heavy (non-hydrogen) atoms. The van der Waals surface area contributed by atoms with E-state index in [-0.39, 0.29) is 0 Å². The van der Waals surface area contributed by atoms with Crippen molar-refractivity contribution in [2.24, 2.45) is 0 Å². The number of aryl methyl sites for hydroxylation is 1. The van der Waals surface area contributed by atoms with Crippen LogP contribution in [-0.2, 0) is 6.42 Å². The van der Waals surface area contributed by atoms with Crippen LogP contribution >= 0.6 is 0 Å². The van der Waals surface area contributed by atoms with Gasteiger partial charge in [-0.1, -0.05) is 24.8 Å². The van der Waals surface area contributed by atoms with Gasteiger partial charge >= 0.3 is 0 Å². The lowest BCUT2D eigenvalue weighted by atomic mass is 10.1. The fraction of sp³-hybridized carbons (Fsp3) is 0.273. The molecule has 0 bridgehead atoms. The highest BCUT2D eigenvalue weighted by molar-refractivity contribution is 5.35. The first-order valence-electron chi connectivity index (χ1n) is 4.23. The van der Waals surface area contributed by atoms with Crippen LogP contribution in [0, 0.1) is 0 Å². The van der Waals surface area contributed by atoms with E-state index in [0.717, 1.165) is 18.6 Å². The number of fused-ring (bicyclic) bond motifs is 1. The van der Waals surface area contributed by atoms with Gasteiger partial charge in [-0.3, -0.25) is 0 Å². The van der Waals surface area contributed by atoms with E-state index >= 15 is 0 Å². The minimum absolute atomic E-state index is 0.678. The molecule has 1 aromatic rings. The number of hydrogen-bond acceptors (Lipinski definition) is 1. The Morgan fingerprint density at radius 1 is 1.17 bits per heavy atom. The second kappa shape index (κ2) is 3.02. The number of rotatable bonds is 0. The molecule has 1 aliphatic heterocycles. The third kappa shape index (κ3) is 1.35. The summed E-state index contributed by atoms with van der Waals surface area (Å²) in [5.41, 5.74) is 2.49. The average Bonchev–Trinajstić information content (AvgIpc) is 2.29. The summed E-state index contributed by atoms with van der Waals surface area (Å²) < 4.78 is 5.56. The summed E-state index contributed by atoms with van der Waals surface area (Å²) in [5.74, 6) is 1.02. The van der Waals surface area contributed by atoms with Crippen LogP contribution in [0.1, 0.15) is 12.0 Å². The van der Waals surface area contributed by atoms with Crippen LogP contribution in [0.15, 0.2) is 36.4 Å². The topological polar surface area (TPSA) is 9.23 Å². The predicted molar refractivity (Wildman–Crippen MR) is 49.4 cm³/mol. The fourth-order valence-corrected chi connectivity index (χ4v) is 1.41. The molecule has 0 unspecified atom stereocenters. The molecule has 0 atom stereocenters. The second-order valence-electron chi connectivity index (χ2n) is 3.15. The van der Waals surface area contributed by atoms with Gasteiger partial charge in [0.1, 0.15) is 12.4 Å². The van der Waals surface area contributed by atoms with Gasteiger partial charge in [0.15, 0.2) is 0 Å². The lowest BCUT2D eigenvalue weighted by molar-refractivity contribution is 0.354. The van der Waals surface area contributed by atoms with E-state index in [2.05, 4.69) is 18.7 Å². The van der Waals surface area contributed by atoms with Crippen molar-refractivity contribution in [3.8, 4) is 5.75 Å². The molecule has 1 heterocycles. The zero-order chi connectivity index (χ0) is 8.39. The standard InChI is InChI=1S/C11H12O/c1-9-6-7-10-4-2-3-5-11(10)12-8-9/h2-5H,1,6-8H2. The number of para-hydroxylation sites is 1. The van der Waals surface area contributed by atoms with Crippen LogP contribution in [0.2, 0.25) is 0 Å². The fourth-order valence-electron chi connectivity index (χ4n) is 1.41. The van der Waals surface area contributed by atoms with Gasteiger partial charge in [-0.15, -0.1) is 0 Å². The lowest BCUT2D eigenvalue weighted by Crippen LogP contribution is -1.96. The highest BCUT2D eigenvalue weighted by atomic mass is 16.5. The second-order valence-corrected chi connectivity index (χ2v) is 3.15. The average molecular weight is 160 g/mol. The van der Waals surface area contributed by atoms with Crippen LogP contribution in [0.5, 0.6) is 5.75 Å². The van der Waals surface area contributed by atoms with Gasteiger partial charge in [-0.25, -0.2) is 0 Å². The van der Waals surface area contributed by atoms with Crippen LogP contribution in [-0.4, -0.2) is 6.61 Å². The molecule has 0 aromatic heterocycles. The van der Waals surface area contributed by atoms with Crippen molar-refractivity contribution in [1.82, 2.24) is 0 Å². The molecule has 0 amide bonds. The normalized spacial score (nSPS) is 16.2. The van der Waals surface area contributed by atoms with Crippen molar-refractivity contribution in [3.63, 3.8) is 0 Å². The predicted octanol–water partition coefficient (Wildman–Crippen LogP) is 2.57. The molecular weight excluding hydrogens is 148 g/mol. The summed E-state index contributed by atoms with van der Waals surface area (Å²) in [6, 6.07) is 8.20. The Balaban J connectivity index is 2.32. The third-order valence-electron chi connectivity index (χ3n) is 2.15. The maximum atomic E-state index is 5.56. The zero-order valence-electron chi connectivity index (χ0n) is 7.05. The molecule has 0 aliphatic carbocycles. The summed E-state index contributed by atoms with van der Waals surface area (Å²) in [5, 5.41) is 0. The number of ether oxygens (including phenoxy) is 1. The molecule has 1 heteroatoms. The van der Waals surface area contributed by atoms with Gasteiger partial charge in [0.25, 0.3) is 0 Å². The zero-order valence-corrected chi connectivity index (χ0v) is 7.05. The summed E-state index contributed by atoms with van der Waals surface area (Å²) in [4.78, 5) is 0. The van der Waals surface area contributed by atoms with E-state index in [0.29, 0.717) is 6.61 Å². The number of benzene rings is 1. The van der Waals surface area contributed by atoms with Gasteiger partial charge in [-0.05, 0) is 30.0 Å². The SMILES string of the molecule is C=C1CCc2ccccc2OC1. The molecule has 1 aromatic carbocycles. The quantitative estimate of drug-likeness (QED) is 0.530. The minimum atomic E-state index is 0.678. The molecule has 0 fully saturated rings. The molecular formula is C11H12O. The first-order valence-corrected chi connectivity index (χ1v) is 4.23. The van der Waals surface area contributed by atoms with Crippen molar-refractivity contribution in [3.05, 3.63) is 42.0 Å². The van der Waals surface area contributed by atoms with E-state index in [9.17, 15) is 0 Å². The molecule has 0 radical (unpaired) electrons. The van der Waals surface area contributed by atoms with Gasteiger partial charge in [0.05, 0.1) is 0 Å². The molecule has 2 rings (SSSR count). The Hall–Kier alpha value is -1.24. The Kier molecular flexibility index (Phi) is 1.86. The summed E-state index contributed by atoms with van der Waals surface area (Å²) >= 11 is 0. The minimum Gasteiger partial charge on any atom is -0.489 e. The molecule has 0 spiro atoms. The van der Waals surface area contributed by atoms with Gasteiger partial charge in [-0.2, -0.15) is 0 Å². The van der Waals surface area contributed by atoms with E-state index in [1.807, 2.05) is 12.1 Å². The maximum Gasteiger partial charge on any atom is 0.122 e. The Morgan fingerprint density at radius 3 is 2.92 bits per heavy atom. The largest absolute Gasteiger partial charge is 0.489 e. The van der Waals surface area contributed by atoms with E-state index in [4.69, 9.17) is 4.74 Å². The van der Waals surface area contributed by atoms with Crippen molar-refractivity contribution < 1.29 is 4.74 Å². The molecule has 0 saturated heterocycles. The lowest BCUT2D eigenvalue weighted by Gasteiger charge is -2.04. The third-order valence-corrected chi connectivity index (χ3v) is 2.15. The van der Waals surface area contributed by atoms with Crippen LogP contribution in [0.3, 0.4) is 0 Å². The molecule has 1 aliphatic rings. The molecule has 62 valence electrons. The van der Waals surface area contributed by atoms with Gasteiger partial charge < -0.3 is 4.74 Å². The molecule has 0 saturated carbocycles. The molecule has 0 N–H and O–H groups in total. The summed E-state index contributed by atoms with van der Waals surface area (Å²) in [7, 11) is 0. The molecule has 1 nitrogen and oxygen atoms in total. The number of hydrogen-bond donors (Lipinski definition) is 0. The van der Waals surface area contributed by atoms with Crippen molar-refractivity contribution >= 4 is 0 Å². The Bertz CT molecular complexity index is 273. The van der Waals surface area contributed by atoms with Crippen LogP contribution in [0.4, 0.5) is 0 Å². The van der Waals surface area contributed by atoms with Gasteiger partial charge in [0, 0.05) is 0 Å². The monoisotopic (exact) mass is 160 g/mol. The van der Waals surface area contributed by atoms with Gasteiger partial charge in [0.2, 0.25) is 0 Å². The first kappa shape index (κ1) is 7.41. The van der Waals surface area contributed by atoms with Crippen molar-refractivity contribution in [2.75, 3.05) is 6.61 Å². The Morgan fingerprint density at radius 2 is 2.00 bits per heavy atom. The van der Waals surface area contributed by atoms with Crippen LogP contribution in [0.25, 0.3) is 0 Å². The first-order chi connectivity index (χ1) is 5.86. The van der Waals surface area contributed by atoms with Crippen molar-refractivity contribution in [1.29, 1.82) is 0 Å². The smallest absolute Gasteiger partial charge is 0.122 e. The van der Waals surface area contributed by atoms with E-state index in [1.54, 1.807) is 0 Å². The Labute approximate surface area is 72.7 Å². The highest BCUT2D eigenvalue weighted by Crippen LogP contribution is 2.24. The highest BCUT2D eigenvalue weighted by Gasteiger charge is 2.08. The van der Waals surface area contributed by atoms with E-state index in [1.165, 1.54) is 11.1 Å². The summed E-state index contributed by atoms with van der Waals surface area (Å²) in [6.07, 6.45) is 2.12. The van der Waals surface area contributed by atoms with E-state index < -0.39 is 0 Å². The maximum absolute atomic E-state index is 5.56. The van der Waals surface area contributed by atoms with Crippen LogP contribution < -0.4 is 4.74 Å².